The average Bonchev–Trinajstić information content (AvgIpc) is 2.80. The molecule has 0 radical (unpaired) electrons. The lowest BCUT2D eigenvalue weighted by Gasteiger charge is -2.25. The van der Waals surface area contributed by atoms with Gasteiger partial charge in [-0.05, 0) is 44.1 Å². The van der Waals surface area contributed by atoms with Crippen molar-refractivity contribution in [2.75, 3.05) is 13.6 Å². The lowest BCUT2D eigenvalue weighted by atomic mass is 10.1. The molecule has 1 aliphatic heterocycles. The summed E-state index contributed by atoms with van der Waals surface area (Å²) in [5.41, 5.74) is 6.24. The van der Waals surface area contributed by atoms with Gasteiger partial charge in [0.25, 0.3) is 0 Å². The van der Waals surface area contributed by atoms with Gasteiger partial charge in [0.05, 0.1) is 19.0 Å². The SMILES string of the molecule is CN1CCCCCC1c1nc(CC(N)=O)nn1Cc1ccc(F)cc1. The minimum atomic E-state index is -0.445. The van der Waals surface area contributed by atoms with Crippen LogP contribution in [0.4, 0.5) is 4.39 Å². The maximum absolute atomic E-state index is 13.1. The molecule has 1 aromatic carbocycles. The molecule has 134 valence electrons. The summed E-state index contributed by atoms with van der Waals surface area (Å²) in [4.78, 5) is 18.2. The zero-order chi connectivity index (χ0) is 17.8. The summed E-state index contributed by atoms with van der Waals surface area (Å²) < 4.78 is 15.0. The highest BCUT2D eigenvalue weighted by atomic mass is 19.1. The van der Waals surface area contributed by atoms with Crippen LogP contribution in [0.1, 0.15) is 48.9 Å². The van der Waals surface area contributed by atoms with E-state index in [2.05, 4.69) is 22.0 Å². The van der Waals surface area contributed by atoms with Crippen LogP contribution >= 0.6 is 0 Å². The normalized spacial score (nSPS) is 18.9. The van der Waals surface area contributed by atoms with Gasteiger partial charge in [0.15, 0.2) is 5.82 Å². The van der Waals surface area contributed by atoms with E-state index >= 15 is 0 Å². The fourth-order valence-electron chi connectivity index (χ4n) is 3.34. The molecule has 0 spiro atoms. The molecule has 1 aliphatic rings. The second-order valence-electron chi connectivity index (χ2n) is 6.66. The van der Waals surface area contributed by atoms with E-state index in [1.54, 1.807) is 12.1 Å². The molecule has 1 fully saturated rings. The molecule has 2 N–H and O–H groups in total. The van der Waals surface area contributed by atoms with Gasteiger partial charge in [0.1, 0.15) is 11.6 Å². The maximum Gasteiger partial charge on any atom is 0.225 e. The van der Waals surface area contributed by atoms with Crippen molar-refractivity contribution in [3.05, 3.63) is 47.3 Å². The molecule has 3 rings (SSSR count). The molecule has 2 aromatic rings. The van der Waals surface area contributed by atoms with Crippen molar-refractivity contribution in [3.63, 3.8) is 0 Å². The van der Waals surface area contributed by atoms with Crippen LogP contribution in [0.15, 0.2) is 24.3 Å². The Morgan fingerprint density at radius 1 is 1.28 bits per heavy atom. The molecular weight excluding hydrogens is 321 g/mol. The van der Waals surface area contributed by atoms with Crippen LogP contribution in [-0.2, 0) is 17.8 Å². The van der Waals surface area contributed by atoms with Crippen molar-refractivity contribution in [3.8, 4) is 0 Å². The fourth-order valence-corrected chi connectivity index (χ4v) is 3.34. The number of likely N-dealkylation sites (tertiary alicyclic amines) is 1. The van der Waals surface area contributed by atoms with Crippen molar-refractivity contribution in [1.29, 1.82) is 0 Å². The number of halogens is 1. The number of nitrogens with two attached hydrogens (primary N) is 1. The molecule has 0 aliphatic carbocycles. The molecule has 2 heterocycles. The van der Waals surface area contributed by atoms with E-state index in [1.807, 2.05) is 4.68 Å². The minimum absolute atomic E-state index is 0.0276. The van der Waals surface area contributed by atoms with Crippen LogP contribution < -0.4 is 5.73 Å². The lowest BCUT2D eigenvalue weighted by Crippen LogP contribution is -2.27. The van der Waals surface area contributed by atoms with Crippen molar-refractivity contribution in [2.45, 2.75) is 44.7 Å². The topological polar surface area (TPSA) is 77.0 Å². The van der Waals surface area contributed by atoms with Crippen molar-refractivity contribution in [1.82, 2.24) is 19.7 Å². The summed E-state index contributed by atoms with van der Waals surface area (Å²) >= 11 is 0. The molecule has 1 unspecified atom stereocenters. The molecule has 1 amide bonds. The summed E-state index contributed by atoms with van der Waals surface area (Å²) in [5, 5.41) is 4.49. The zero-order valence-corrected chi connectivity index (χ0v) is 14.5. The van der Waals surface area contributed by atoms with Crippen LogP contribution in [0, 0.1) is 5.82 Å². The second kappa shape index (κ2) is 7.74. The maximum atomic E-state index is 13.1. The van der Waals surface area contributed by atoms with E-state index in [0.717, 1.165) is 30.8 Å². The number of nitrogens with zero attached hydrogens (tertiary/aromatic N) is 4. The molecular formula is C18H24FN5O. The lowest BCUT2D eigenvalue weighted by molar-refractivity contribution is -0.117. The van der Waals surface area contributed by atoms with Crippen LogP contribution in [0.5, 0.6) is 0 Å². The predicted molar refractivity (Wildman–Crippen MR) is 92.3 cm³/mol. The van der Waals surface area contributed by atoms with Gasteiger partial charge in [-0.15, -0.1) is 0 Å². The van der Waals surface area contributed by atoms with Gasteiger partial charge in [-0.25, -0.2) is 14.1 Å². The third kappa shape index (κ3) is 4.42. The third-order valence-electron chi connectivity index (χ3n) is 4.64. The van der Waals surface area contributed by atoms with Crippen LogP contribution in [-0.4, -0.2) is 39.2 Å². The van der Waals surface area contributed by atoms with Crippen LogP contribution in [0.25, 0.3) is 0 Å². The monoisotopic (exact) mass is 345 g/mol. The van der Waals surface area contributed by atoms with E-state index in [9.17, 15) is 9.18 Å². The predicted octanol–water partition coefficient (Wildman–Crippen LogP) is 2.04. The molecule has 0 bridgehead atoms. The number of rotatable bonds is 5. The van der Waals surface area contributed by atoms with E-state index in [-0.39, 0.29) is 18.3 Å². The number of benzene rings is 1. The Balaban J connectivity index is 1.92. The standard InChI is InChI=1S/C18H24FN5O/c1-23-10-4-2-3-5-15(23)18-21-17(11-16(20)25)22-24(18)12-13-6-8-14(19)9-7-13/h6-9,15H,2-5,10-12H2,1H3,(H2,20,25). The number of carbonyl (C=O) groups is 1. The first-order chi connectivity index (χ1) is 12.0. The Kier molecular flexibility index (Phi) is 5.43. The summed E-state index contributed by atoms with van der Waals surface area (Å²) in [7, 11) is 2.10. The van der Waals surface area contributed by atoms with Crippen molar-refractivity contribution < 1.29 is 9.18 Å². The highest BCUT2D eigenvalue weighted by Gasteiger charge is 2.26. The number of carbonyl (C=O) groups excluding carboxylic acids is 1. The summed E-state index contributed by atoms with van der Waals surface area (Å²) in [6, 6.07) is 6.52. The number of aromatic nitrogens is 3. The van der Waals surface area contributed by atoms with Gasteiger partial charge in [-0.2, -0.15) is 5.10 Å². The van der Waals surface area contributed by atoms with Crippen molar-refractivity contribution in [2.24, 2.45) is 5.73 Å². The number of hydrogen-bond donors (Lipinski definition) is 1. The Morgan fingerprint density at radius 2 is 2.04 bits per heavy atom. The molecule has 7 heteroatoms. The largest absolute Gasteiger partial charge is 0.369 e. The zero-order valence-electron chi connectivity index (χ0n) is 14.5. The molecule has 0 saturated carbocycles. The summed E-state index contributed by atoms with van der Waals surface area (Å²) in [6.07, 6.45) is 4.56. The van der Waals surface area contributed by atoms with Gasteiger partial charge in [0, 0.05) is 0 Å². The van der Waals surface area contributed by atoms with Crippen LogP contribution in [0.3, 0.4) is 0 Å². The van der Waals surface area contributed by atoms with E-state index < -0.39 is 5.91 Å². The van der Waals surface area contributed by atoms with Crippen LogP contribution in [0.2, 0.25) is 0 Å². The number of hydrogen-bond acceptors (Lipinski definition) is 4. The average molecular weight is 345 g/mol. The van der Waals surface area contributed by atoms with E-state index in [4.69, 9.17) is 5.73 Å². The quantitative estimate of drug-likeness (QED) is 0.900. The molecule has 1 saturated heterocycles. The number of primary amides is 1. The molecule has 6 nitrogen and oxygen atoms in total. The van der Waals surface area contributed by atoms with Gasteiger partial charge in [-0.1, -0.05) is 25.0 Å². The number of amides is 1. The minimum Gasteiger partial charge on any atom is -0.369 e. The van der Waals surface area contributed by atoms with Crippen molar-refractivity contribution >= 4 is 5.91 Å². The smallest absolute Gasteiger partial charge is 0.225 e. The highest BCUT2D eigenvalue weighted by molar-refractivity contribution is 5.75. The first kappa shape index (κ1) is 17.5. The van der Waals surface area contributed by atoms with Gasteiger partial charge < -0.3 is 5.73 Å². The summed E-state index contributed by atoms with van der Waals surface area (Å²) in [6.45, 7) is 1.50. The Bertz CT molecular complexity index is 728. The highest BCUT2D eigenvalue weighted by Crippen LogP contribution is 2.28. The van der Waals surface area contributed by atoms with Gasteiger partial charge in [0.2, 0.25) is 5.91 Å². The molecule has 1 atom stereocenters. The first-order valence-electron chi connectivity index (χ1n) is 8.69. The molecule has 25 heavy (non-hydrogen) atoms. The van der Waals surface area contributed by atoms with Gasteiger partial charge in [-0.3, -0.25) is 9.69 Å². The van der Waals surface area contributed by atoms with Gasteiger partial charge >= 0.3 is 0 Å². The fraction of sp³-hybridized carbons (Fsp3) is 0.500. The third-order valence-corrected chi connectivity index (χ3v) is 4.64. The second-order valence-corrected chi connectivity index (χ2v) is 6.66. The Morgan fingerprint density at radius 3 is 2.76 bits per heavy atom. The Labute approximate surface area is 146 Å². The summed E-state index contributed by atoms with van der Waals surface area (Å²) in [5.74, 6) is 0.590. The molecule has 1 aromatic heterocycles. The van der Waals surface area contributed by atoms with E-state index in [1.165, 1.54) is 25.0 Å². The first-order valence-corrected chi connectivity index (χ1v) is 8.69. The van der Waals surface area contributed by atoms with E-state index in [0.29, 0.717) is 12.4 Å². The Hall–Kier alpha value is -2.28.